The van der Waals surface area contributed by atoms with E-state index in [9.17, 15) is 9.59 Å². The lowest BCUT2D eigenvalue weighted by Crippen LogP contribution is -2.41. The number of morpholine rings is 1. The highest BCUT2D eigenvalue weighted by Crippen LogP contribution is 2.21. The Hall–Kier alpha value is -3.39. The summed E-state index contributed by atoms with van der Waals surface area (Å²) in [6.45, 7) is 2.13. The lowest BCUT2D eigenvalue weighted by Gasteiger charge is -2.26. The van der Waals surface area contributed by atoms with E-state index < -0.39 is 0 Å². The summed E-state index contributed by atoms with van der Waals surface area (Å²) in [5, 5.41) is 8.06. The zero-order chi connectivity index (χ0) is 20.2. The molecule has 150 valence electrons. The van der Waals surface area contributed by atoms with Crippen molar-refractivity contribution < 1.29 is 19.1 Å². The zero-order valence-corrected chi connectivity index (χ0v) is 16.1. The number of para-hydroxylation sites is 1. The average molecular weight is 394 g/mol. The Morgan fingerprint density at radius 3 is 2.55 bits per heavy atom. The fourth-order valence-electron chi connectivity index (χ4n) is 3.33. The van der Waals surface area contributed by atoms with E-state index in [4.69, 9.17) is 9.47 Å². The van der Waals surface area contributed by atoms with Crippen LogP contribution in [0.4, 0.5) is 5.69 Å². The van der Waals surface area contributed by atoms with Crippen molar-refractivity contribution in [1.29, 1.82) is 0 Å². The quantitative estimate of drug-likeness (QED) is 0.717. The molecule has 0 radical (unpaired) electrons. The van der Waals surface area contributed by atoms with Gasteiger partial charge in [0.2, 0.25) is 5.91 Å². The lowest BCUT2D eigenvalue weighted by atomic mass is 10.2. The first-order valence-corrected chi connectivity index (χ1v) is 9.42. The molecule has 1 aliphatic heterocycles. The van der Waals surface area contributed by atoms with Crippen molar-refractivity contribution in [3.05, 3.63) is 54.2 Å². The second-order valence-electron chi connectivity index (χ2n) is 6.70. The SMILES string of the molecule is COc1ccc(NC(=O)Cn2nc(C(=O)N3CCOCC3)c3ccccc32)cc1. The molecule has 0 atom stereocenters. The minimum Gasteiger partial charge on any atom is -0.497 e. The summed E-state index contributed by atoms with van der Waals surface area (Å²) in [6.07, 6.45) is 0. The second kappa shape index (κ2) is 8.32. The number of nitrogens with one attached hydrogen (secondary N) is 1. The van der Waals surface area contributed by atoms with Crippen molar-refractivity contribution in [3.8, 4) is 5.75 Å². The maximum absolute atomic E-state index is 12.9. The number of aromatic nitrogens is 2. The Labute approximate surface area is 168 Å². The van der Waals surface area contributed by atoms with Crippen molar-refractivity contribution in [3.63, 3.8) is 0 Å². The van der Waals surface area contributed by atoms with Crippen LogP contribution in [-0.2, 0) is 16.1 Å². The number of rotatable bonds is 5. The topological polar surface area (TPSA) is 85.7 Å². The van der Waals surface area contributed by atoms with Gasteiger partial charge < -0.3 is 19.7 Å². The third kappa shape index (κ3) is 4.07. The van der Waals surface area contributed by atoms with Crippen LogP contribution in [0.25, 0.3) is 10.9 Å². The van der Waals surface area contributed by atoms with E-state index >= 15 is 0 Å². The molecule has 8 heteroatoms. The summed E-state index contributed by atoms with van der Waals surface area (Å²) in [7, 11) is 1.59. The van der Waals surface area contributed by atoms with Gasteiger partial charge in [-0.2, -0.15) is 5.10 Å². The minimum absolute atomic E-state index is 0.00291. The first-order valence-electron chi connectivity index (χ1n) is 9.42. The number of ether oxygens (including phenoxy) is 2. The highest BCUT2D eigenvalue weighted by atomic mass is 16.5. The molecule has 29 heavy (non-hydrogen) atoms. The summed E-state index contributed by atoms with van der Waals surface area (Å²) in [4.78, 5) is 27.2. The molecule has 4 rings (SSSR count). The van der Waals surface area contributed by atoms with Crippen molar-refractivity contribution in [2.75, 3.05) is 38.7 Å². The molecule has 1 N–H and O–H groups in total. The van der Waals surface area contributed by atoms with Gasteiger partial charge in [-0.15, -0.1) is 0 Å². The van der Waals surface area contributed by atoms with E-state index in [2.05, 4.69) is 10.4 Å². The number of methoxy groups -OCH3 is 1. The van der Waals surface area contributed by atoms with Crippen LogP contribution >= 0.6 is 0 Å². The first-order chi connectivity index (χ1) is 14.2. The maximum Gasteiger partial charge on any atom is 0.275 e. The van der Waals surface area contributed by atoms with Gasteiger partial charge in [0, 0.05) is 24.2 Å². The maximum atomic E-state index is 12.9. The number of fused-ring (bicyclic) bond motifs is 1. The third-order valence-electron chi connectivity index (χ3n) is 4.83. The van der Waals surface area contributed by atoms with Crippen LogP contribution in [0.15, 0.2) is 48.5 Å². The number of benzene rings is 2. The van der Waals surface area contributed by atoms with Crippen LogP contribution < -0.4 is 10.1 Å². The molecular weight excluding hydrogens is 372 g/mol. The number of hydrogen-bond acceptors (Lipinski definition) is 5. The van der Waals surface area contributed by atoms with E-state index in [0.717, 1.165) is 10.9 Å². The van der Waals surface area contributed by atoms with Gasteiger partial charge >= 0.3 is 0 Å². The molecule has 0 aliphatic carbocycles. The zero-order valence-electron chi connectivity index (χ0n) is 16.1. The Balaban J connectivity index is 1.55. The van der Waals surface area contributed by atoms with Crippen molar-refractivity contribution in [1.82, 2.24) is 14.7 Å². The van der Waals surface area contributed by atoms with Crippen LogP contribution in [0, 0.1) is 0 Å². The van der Waals surface area contributed by atoms with Gasteiger partial charge in [-0.05, 0) is 30.3 Å². The molecule has 0 saturated carbocycles. The van der Waals surface area contributed by atoms with Crippen LogP contribution in [0.5, 0.6) is 5.75 Å². The van der Waals surface area contributed by atoms with E-state index in [1.54, 1.807) is 41.0 Å². The molecule has 8 nitrogen and oxygen atoms in total. The monoisotopic (exact) mass is 394 g/mol. The van der Waals surface area contributed by atoms with Crippen LogP contribution in [0.2, 0.25) is 0 Å². The molecule has 2 heterocycles. The second-order valence-corrected chi connectivity index (χ2v) is 6.70. The Kier molecular flexibility index (Phi) is 5.44. The van der Waals surface area contributed by atoms with Crippen molar-refractivity contribution in [2.24, 2.45) is 0 Å². The van der Waals surface area contributed by atoms with Gasteiger partial charge in [0.25, 0.3) is 5.91 Å². The predicted molar refractivity (Wildman–Crippen MR) is 108 cm³/mol. The van der Waals surface area contributed by atoms with Crippen LogP contribution in [0.1, 0.15) is 10.5 Å². The number of amides is 2. The van der Waals surface area contributed by atoms with E-state index in [-0.39, 0.29) is 18.4 Å². The molecule has 0 unspecified atom stereocenters. The molecule has 0 bridgehead atoms. The molecule has 2 aromatic carbocycles. The largest absolute Gasteiger partial charge is 0.497 e. The van der Waals surface area contributed by atoms with Crippen molar-refractivity contribution in [2.45, 2.75) is 6.54 Å². The minimum atomic E-state index is -0.228. The average Bonchev–Trinajstić information content (AvgIpc) is 3.12. The number of anilines is 1. The first kappa shape index (κ1) is 18.9. The standard InChI is InChI=1S/C21H22N4O4/c1-28-16-8-6-15(7-9-16)22-19(26)14-25-18-5-3-2-4-17(18)20(23-25)21(27)24-10-12-29-13-11-24/h2-9H,10-14H2,1H3,(H,22,26). The molecule has 2 amide bonds. The molecule has 3 aromatic rings. The Morgan fingerprint density at radius 2 is 1.83 bits per heavy atom. The van der Waals surface area contributed by atoms with E-state index in [0.29, 0.717) is 43.4 Å². The van der Waals surface area contributed by atoms with E-state index in [1.807, 2.05) is 24.3 Å². The highest BCUT2D eigenvalue weighted by molar-refractivity contribution is 6.05. The van der Waals surface area contributed by atoms with E-state index in [1.165, 1.54) is 0 Å². The molecule has 1 saturated heterocycles. The number of carbonyl (C=O) groups is 2. The summed E-state index contributed by atoms with van der Waals surface area (Å²) < 4.78 is 12.0. The number of hydrogen-bond donors (Lipinski definition) is 1. The van der Waals surface area contributed by atoms with Crippen LogP contribution in [0.3, 0.4) is 0 Å². The molecule has 1 fully saturated rings. The van der Waals surface area contributed by atoms with Crippen LogP contribution in [-0.4, -0.2) is 59.9 Å². The fraction of sp³-hybridized carbons (Fsp3) is 0.286. The normalized spacial score (nSPS) is 14.0. The summed E-state index contributed by atoms with van der Waals surface area (Å²) in [5.41, 5.74) is 1.77. The van der Waals surface area contributed by atoms with Gasteiger partial charge in [-0.1, -0.05) is 18.2 Å². The van der Waals surface area contributed by atoms with Gasteiger partial charge in [-0.25, -0.2) is 0 Å². The molecular formula is C21H22N4O4. The van der Waals surface area contributed by atoms with Gasteiger partial charge in [-0.3, -0.25) is 14.3 Å². The molecule has 1 aromatic heterocycles. The smallest absolute Gasteiger partial charge is 0.275 e. The molecule has 1 aliphatic rings. The Morgan fingerprint density at radius 1 is 1.10 bits per heavy atom. The number of nitrogens with zero attached hydrogens (tertiary/aromatic N) is 3. The lowest BCUT2D eigenvalue weighted by molar-refractivity contribution is -0.116. The van der Waals surface area contributed by atoms with Crippen molar-refractivity contribution >= 4 is 28.4 Å². The Bertz CT molecular complexity index is 1020. The van der Waals surface area contributed by atoms with Gasteiger partial charge in [0.05, 0.1) is 25.8 Å². The summed E-state index contributed by atoms with van der Waals surface area (Å²) in [6, 6.07) is 14.5. The summed E-state index contributed by atoms with van der Waals surface area (Å²) >= 11 is 0. The van der Waals surface area contributed by atoms with Gasteiger partial charge in [0.15, 0.2) is 5.69 Å². The number of carbonyl (C=O) groups excluding carboxylic acids is 2. The highest BCUT2D eigenvalue weighted by Gasteiger charge is 2.24. The van der Waals surface area contributed by atoms with Gasteiger partial charge in [0.1, 0.15) is 12.3 Å². The predicted octanol–water partition coefficient (Wildman–Crippen LogP) is 2.16. The summed E-state index contributed by atoms with van der Waals surface area (Å²) in [5.74, 6) is 0.347. The molecule has 0 spiro atoms. The third-order valence-corrected chi connectivity index (χ3v) is 4.83. The fourth-order valence-corrected chi connectivity index (χ4v) is 3.33.